The molecule has 0 atom stereocenters. The van der Waals surface area contributed by atoms with Crippen LogP contribution in [0.4, 0.5) is 0 Å². The van der Waals surface area contributed by atoms with Crippen LogP contribution in [0.25, 0.3) is 177 Å². The normalized spacial score (nSPS) is 11.4. The predicted octanol–water partition coefficient (Wildman–Crippen LogP) is 28.3. The topological polar surface area (TPSA) is 43.5 Å². The van der Waals surface area contributed by atoms with Crippen LogP contribution in [-0.2, 0) is 0 Å². The number of para-hydroxylation sites is 4. The van der Waals surface area contributed by atoms with Crippen molar-refractivity contribution in [3.8, 4) is 95.6 Å². The van der Waals surface area contributed by atoms with Crippen molar-refractivity contribution in [3.05, 3.63) is 473 Å². The number of nitriles is 1. The summed E-state index contributed by atoms with van der Waals surface area (Å²) in [6.07, 6.45) is 0. The van der Waals surface area contributed by atoms with Crippen molar-refractivity contribution in [2.45, 2.75) is 14.9 Å². The van der Waals surface area contributed by atoms with Crippen LogP contribution in [0.2, 0.25) is 0 Å². The zero-order chi connectivity index (χ0) is 80.3. The maximum Gasteiger partial charge on any atom is 0.179 e. The largest absolute Gasteiger partial charge is 0.309 e. The Balaban J connectivity index is 0.000000160. The molecule has 0 unspecified atom stereocenters. The van der Waals surface area contributed by atoms with E-state index >= 15 is 0 Å². The lowest BCUT2D eigenvalue weighted by molar-refractivity contribution is 1.18. The number of benzene rings is 19. The molecule has 4 heterocycles. The molecule has 19 aromatic carbocycles. The zero-order valence-corrected chi connectivity index (χ0v) is 67.2. The van der Waals surface area contributed by atoms with E-state index in [-0.39, 0.29) is 14.9 Å². The smallest absolute Gasteiger partial charge is 0.179 e. The van der Waals surface area contributed by atoms with Crippen LogP contribution >= 0.6 is 0 Å². The quantitative estimate of drug-likeness (QED) is 0.0790. The van der Waals surface area contributed by atoms with Gasteiger partial charge < -0.3 is 18.3 Å². The molecule has 0 saturated carbocycles. The van der Waals surface area contributed by atoms with Crippen LogP contribution in [0.3, 0.4) is 0 Å². The van der Waals surface area contributed by atoms with E-state index in [2.05, 4.69) is 467 Å². The fourth-order valence-electron chi connectivity index (χ4n) is 19.0. The van der Waals surface area contributed by atoms with Crippen LogP contribution in [0.15, 0.2) is 467 Å². The van der Waals surface area contributed by atoms with Crippen molar-refractivity contribution in [3.63, 3.8) is 0 Å². The molecule has 0 fully saturated rings. The first kappa shape index (κ1) is 75.8. The molecule has 123 heavy (non-hydrogen) atoms. The van der Waals surface area contributed by atoms with E-state index in [1.54, 1.807) is 0 Å². The van der Waals surface area contributed by atoms with Gasteiger partial charge in [0.2, 0.25) is 0 Å². The molecule has 582 valence electrons. The van der Waals surface area contributed by atoms with E-state index in [1.807, 2.05) is 24.3 Å². The van der Waals surface area contributed by atoms with E-state index in [9.17, 15) is 5.26 Å². The van der Waals surface area contributed by atoms with Crippen LogP contribution in [0.1, 0.15) is 20.4 Å². The summed E-state index contributed by atoms with van der Waals surface area (Å²) in [4.78, 5) is 0. The summed E-state index contributed by atoms with van der Waals surface area (Å²) < 4.78 is 9.55. The predicted molar refractivity (Wildman–Crippen MR) is 525 cm³/mol. The molecule has 0 aliphatic heterocycles. The van der Waals surface area contributed by atoms with E-state index in [0.29, 0.717) is 5.56 Å². The zero-order valence-electron chi connectivity index (χ0n) is 66.2. The molecule has 0 aliphatic carbocycles. The lowest BCUT2D eigenvalue weighted by Crippen LogP contribution is -2.74. The second kappa shape index (κ2) is 32.1. The number of nitrogens with zero attached hydrogens (tertiary/aromatic N) is 5. The van der Waals surface area contributed by atoms with Crippen molar-refractivity contribution >= 4 is 116 Å². The van der Waals surface area contributed by atoms with Gasteiger partial charge in [-0.05, 0) is 233 Å². The van der Waals surface area contributed by atoms with E-state index in [4.69, 9.17) is 0 Å². The van der Waals surface area contributed by atoms with E-state index in [1.165, 1.54) is 164 Å². The van der Waals surface area contributed by atoms with Gasteiger partial charge in [-0.1, -0.05) is 336 Å². The van der Waals surface area contributed by atoms with Crippen molar-refractivity contribution in [2.24, 2.45) is 0 Å². The molecule has 4 aromatic heterocycles. The van der Waals surface area contributed by atoms with E-state index in [0.717, 1.165) is 33.8 Å². The Morgan fingerprint density at radius 1 is 0.163 bits per heavy atom. The third-order valence-electron chi connectivity index (χ3n) is 24.6. The maximum absolute atomic E-state index is 9.35. The minimum absolute atomic E-state index is 0. The third-order valence-corrected chi connectivity index (χ3v) is 29.4. The van der Waals surface area contributed by atoms with Crippen LogP contribution in [0.5, 0.6) is 0 Å². The average Bonchev–Trinajstić information content (AvgIpc) is 1.54. The monoisotopic (exact) mass is 1590 g/mol. The standard InChI is InChI=1S/C66H46N2Si.C49H31N3.2CH4/c1-5-19-47(20-6-1)49-21-17-22-50(43-49)48-35-39-53(40-36-48)67-63-33-15-13-31-59(63)61-44-51(37-41-65(61)67)52-38-42-66-62(45-52)60-32-14-16-34-64(60)68(66)54-23-18-30-58(46-54)69(55-24-7-2-8-25-55,56-26-9-3-10-27-56)57-28-11-4-12-29-57;50-32-33-17-23-40(24-18-33)51-46-15-6-4-13-42(46)44-30-38(21-27-48(44)51)39-22-28-49-45(31-39)43-14-5-7-16-47(43)52(49)41-25-19-35(20-26-41)37-12-8-11-36(29-37)34-9-2-1-3-10-34;;/h1-46H;1-31H;2*1H4. The number of hydrogen-bond acceptors (Lipinski definition) is 1. The van der Waals surface area contributed by atoms with Gasteiger partial charge in [0.1, 0.15) is 0 Å². The molecular formula is C117H85N5Si. The highest BCUT2D eigenvalue weighted by Gasteiger charge is 2.41. The minimum atomic E-state index is -2.74. The van der Waals surface area contributed by atoms with Gasteiger partial charge in [0.25, 0.3) is 0 Å². The van der Waals surface area contributed by atoms with E-state index < -0.39 is 8.07 Å². The van der Waals surface area contributed by atoms with Gasteiger partial charge in [-0.2, -0.15) is 5.26 Å². The summed E-state index contributed by atoms with van der Waals surface area (Å²) in [6.45, 7) is 0. The van der Waals surface area contributed by atoms with Crippen molar-refractivity contribution < 1.29 is 0 Å². The summed E-state index contributed by atoms with van der Waals surface area (Å²) in [5.74, 6) is 0. The van der Waals surface area contributed by atoms with Crippen LogP contribution in [0, 0.1) is 11.3 Å². The van der Waals surface area contributed by atoms with Gasteiger partial charge in [0.05, 0.1) is 55.8 Å². The molecule has 0 N–H and O–H groups in total. The number of fused-ring (bicyclic) bond motifs is 12. The first-order valence-corrected chi connectivity index (χ1v) is 43.4. The molecule has 0 amide bonds. The summed E-state index contributed by atoms with van der Waals surface area (Å²) >= 11 is 0. The van der Waals surface area contributed by atoms with Crippen molar-refractivity contribution in [2.75, 3.05) is 0 Å². The Hall–Kier alpha value is -15.9. The molecule has 0 spiro atoms. The molecule has 0 aliphatic rings. The molecule has 23 aromatic rings. The lowest BCUT2D eigenvalue weighted by atomic mass is 9.99. The van der Waals surface area contributed by atoms with Gasteiger partial charge in [-0.3, -0.25) is 0 Å². The van der Waals surface area contributed by atoms with Crippen molar-refractivity contribution in [1.82, 2.24) is 18.3 Å². The van der Waals surface area contributed by atoms with Gasteiger partial charge in [0.15, 0.2) is 8.07 Å². The van der Waals surface area contributed by atoms with Gasteiger partial charge in [0, 0.05) is 65.8 Å². The Morgan fingerprint density at radius 2 is 0.390 bits per heavy atom. The second-order valence-corrected chi connectivity index (χ2v) is 35.2. The van der Waals surface area contributed by atoms with Gasteiger partial charge in [-0.25, -0.2) is 0 Å². The Bertz CT molecular complexity index is 7820. The second-order valence-electron chi connectivity index (χ2n) is 31.4. The van der Waals surface area contributed by atoms with Crippen LogP contribution < -0.4 is 20.7 Å². The fourth-order valence-corrected chi connectivity index (χ4v) is 23.8. The molecule has 6 heteroatoms. The third kappa shape index (κ3) is 13.3. The number of hydrogen-bond donors (Lipinski definition) is 0. The first-order chi connectivity index (χ1) is 59.9. The average molecular weight is 1590 g/mol. The highest BCUT2D eigenvalue weighted by atomic mass is 28.3. The maximum atomic E-state index is 9.35. The summed E-state index contributed by atoms with van der Waals surface area (Å²) in [5, 5.41) is 24.6. The number of aromatic nitrogens is 4. The molecule has 0 bridgehead atoms. The van der Waals surface area contributed by atoms with Crippen LogP contribution in [-0.4, -0.2) is 26.3 Å². The Kier molecular flexibility index (Phi) is 19.8. The number of rotatable bonds is 14. The SMILES string of the molecule is C.C.N#Cc1ccc(-n2c3ccccc3c3cc(-c4ccc5c(c4)c4ccccc4n5-c4ccc(-c5cccc(-c6ccccc6)c5)cc4)ccc32)cc1.c1ccc(-c2cccc(-c3ccc(-n4c5ccccc5c5cc(-c6ccc7c(c6)c6ccccc6n7-c6cccc([Si](c7ccccc7)(c7ccccc7)c7ccccc7)c6)ccc54)cc3)c2)cc1. The van der Waals surface area contributed by atoms with Crippen molar-refractivity contribution in [1.29, 1.82) is 5.26 Å². The summed E-state index contributed by atoms with van der Waals surface area (Å²) in [6, 6.07) is 172. The highest BCUT2D eigenvalue weighted by Crippen LogP contribution is 2.43. The fraction of sp³-hybridized carbons (Fsp3) is 0.0171. The van der Waals surface area contributed by atoms with Gasteiger partial charge >= 0.3 is 0 Å². The highest BCUT2D eigenvalue weighted by molar-refractivity contribution is 7.20. The van der Waals surface area contributed by atoms with Gasteiger partial charge in [-0.15, -0.1) is 0 Å². The molecule has 0 saturated heterocycles. The Labute approximate surface area is 717 Å². The lowest BCUT2D eigenvalue weighted by Gasteiger charge is -2.34. The molecule has 23 rings (SSSR count). The summed E-state index contributed by atoms with van der Waals surface area (Å²) in [5.41, 5.74) is 29.0. The molecule has 5 nitrogen and oxygen atoms in total. The first-order valence-electron chi connectivity index (χ1n) is 41.4. The summed E-state index contributed by atoms with van der Waals surface area (Å²) in [7, 11) is -2.74. The Morgan fingerprint density at radius 3 is 0.707 bits per heavy atom. The molecule has 0 radical (unpaired) electrons. The minimum Gasteiger partial charge on any atom is -0.309 e. The molecular weight excluding hydrogens is 1500 g/mol.